The summed E-state index contributed by atoms with van der Waals surface area (Å²) in [5.41, 5.74) is 4.93. The van der Waals surface area contributed by atoms with Crippen molar-refractivity contribution >= 4 is 15.6 Å². The second-order valence-electron chi connectivity index (χ2n) is 7.32. The summed E-state index contributed by atoms with van der Waals surface area (Å²) in [7, 11) is -10.8. The standard InChI is InChI=1S/C20H36O7P2/c1-17(2)9-6-10-18(3)11-7-12-19(4)13-8-14-20(5)15-16-26-29(24,25)27-28(21,22)23/h9,11,13,15H,6-8,10,12,14,16H2,1-5H3,(H,24,25)(H2,21,22,23)/p-3/b18-11+,19-13+,20-15-. The Hall–Kier alpha value is -0.780. The molecule has 0 radical (unpaired) electrons. The fraction of sp³-hybridized carbons (Fsp3) is 0.600. The lowest BCUT2D eigenvalue weighted by Gasteiger charge is -2.34. The Labute approximate surface area is 175 Å². The van der Waals surface area contributed by atoms with Gasteiger partial charge >= 0.3 is 0 Å². The molecule has 9 heteroatoms. The lowest BCUT2D eigenvalue weighted by molar-refractivity contribution is -0.339. The monoisotopic (exact) mass is 447 g/mol. The van der Waals surface area contributed by atoms with Crippen molar-refractivity contribution < 1.29 is 32.6 Å². The van der Waals surface area contributed by atoms with Crippen LogP contribution in [0.3, 0.4) is 0 Å². The molecule has 0 N–H and O–H groups in total. The first kappa shape index (κ1) is 28.2. The fourth-order valence-corrected chi connectivity index (χ4v) is 3.83. The average molecular weight is 447 g/mol. The maximum atomic E-state index is 11.1. The minimum atomic E-state index is -5.64. The molecule has 0 amide bonds. The molecule has 0 aromatic rings. The lowest BCUT2D eigenvalue weighted by atomic mass is 10.0. The predicted molar refractivity (Wildman–Crippen MR) is 111 cm³/mol. The quantitative estimate of drug-likeness (QED) is 0.284. The van der Waals surface area contributed by atoms with E-state index in [1.807, 2.05) is 6.92 Å². The van der Waals surface area contributed by atoms with Gasteiger partial charge in [0.1, 0.15) is 0 Å². The highest BCUT2D eigenvalue weighted by Crippen LogP contribution is 2.50. The van der Waals surface area contributed by atoms with E-state index in [4.69, 9.17) is 0 Å². The van der Waals surface area contributed by atoms with Gasteiger partial charge in [0.25, 0.3) is 7.82 Å². The Balaban J connectivity index is 4.20. The van der Waals surface area contributed by atoms with Crippen LogP contribution in [0, 0.1) is 0 Å². The van der Waals surface area contributed by atoms with Gasteiger partial charge in [-0.05, 0) is 73.1 Å². The summed E-state index contributed by atoms with van der Waals surface area (Å²) < 4.78 is 29.1. The molecule has 0 bridgehead atoms. The molecule has 0 saturated carbocycles. The molecule has 0 aliphatic heterocycles. The molecular formula is C20H33O7P2-3. The second kappa shape index (κ2) is 14.3. The number of hydrogen-bond donors (Lipinski definition) is 0. The van der Waals surface area contributed by atoms with E-state index in [1.54, 1.807) is 0 Å². The molecule has 0 aliphatic rings. The summed E-state index contributed by atoms with van der Waals surface area (Å²) in [5, 5.41) is 0. The van der Waals surface area contributed by atoms with Crippen LogP contribution in [-0.2, 0) is 18.0 Å². The molecule has 7 nitrogen and oxygen atoms in total. The van der Waals surface area contributed by atoms with E-state index in [-0.39, 0.29) is 6.61 Å². The molecule has 0 fully saturated rings. The Bertz CT molecular complexity index is 710. The van der Waals surface area contributed by atoms with Crippen LogP contribution in [-0.4, -0.2) is 6.61 Å². The number of rotatable bonds is 14. The highest BCUT2D eigenvalue weighted by atomic mass is 31.3. The van der Waals surface area contributed by atoms with E-state index in [0.717, 1.165) is 37.7 Å². The van der Waals surface area contributed by atoms with Gasteiger partial charge in [-0.15, -0.1) is 0 Å². The zero-order valence-corrected chi connectivity index (χ0v) is 19.8. The Morgan fingerprint density at radius 2 is 1.14 bits per heavy atom. The van der Waals surface area contributed by atoms with Crippen molar-refractivity contribution in [2.24, 2.45) is 0 Å². The van der Waals surface area contributed by atoms with Crippen LogP contribution >= 0.6 is 15.6 Å². The molecule has 1 unspecified atom stereocenters. The van der Waals surface area contributed by atoms with Crippen molar-refractivity contribution in [2.45, 2.75) is 73.1 Å². The summed E-state index contributed by atoms with van der Waals surface area (Å²) in [6.07, 6.45) is 13.9. The molecule has 0 aromatic heterocycles. The van der Waals surface area contributed by atoms with Crippen molar-refractivity contribution in [2.75, 3.05) is 6.61 Å². The van der Waals surface area contributed by atoms with Gasteiger partial charge in [-0.1, -0.05) is 46.6 Å². The Morgan fingerprint density at radius 1 is 0.724 bits per heavy atom. The number of allylic oxidation sites excluding steroid dienone is 7. The summed E-state index contributed by atoms with van der Waals surface area (Å²) in [6, 6.07) is 0. The lowest BCUT2D eigenvalue weighted by Crippen LogP contribution is -2.19. The SMILES string of the molecule is CC(C)=CCC/C(C)=C/CC/C(C)=C/CC/C(C)=C\COP(=O)([O-])OP(=O)([O-])[O-]. The van der Waals surface area contributed by atoms with Gasteiger partial charge in [0.2, 0.25) is 0 Å². The van der Waals surface area contributed by atoms with E-state index in [9.17, 15) is 23.8 Å². The molecule has 0 saturated heterocycles. The Kier molecular flexibility index (Phi) is 13.9. The Morgan fingerprint density at radius 3 is 1.55 bits per heavy atom. The summed E-state index contributed by atoms with van der Waals surface area (Å²) in [5.74, 6) is 0. The molecular weight excluding hydrogens is 414 g/mol. The van der Waals surface area contributed by atoms with E-state index in [0.29, 0.717) is 6.42 Å². The highest BCUT2D eigenvalue weighted by Gasteiger charge is 2.10. The third-order valence-electron chi connectivity index (χ3n) is 4.02. The molecule has 168 valence electrons. The van der Waals surface area contributed by atoms with Gasteiger partial charge in [0.15, 0.2) is 0 Å². The average Bonchev–Trinajstić information content (AvgIpc) is 2.51. The van der Waals surface area contributed by atoms with Crippen molar-refractivity contribution in [1.82, 2.24) is 0 Å². The maximum absolute atomic E-state index is 11.1. The van der Waals surface area contributed by atoms with E-state index >= 15 is 0 Å². The molecule has 29 heavy (non-hydrogen) atoms. The van der Waals surface area contributed by atoms with Crippen molar-refractivity contribution in [3.8, 4) is 0 Å². The van der Waals surface area contributed by atoms with Crippen LogP contribution in [0.5, 0.6) is 0 Å². The van der Waals surface area contributed by atoms with Crippen LogP contribution in [0.1, 0.15) is 73.1 Å². The highest BCUT2D eigenvalue weighted by molar-refractivity contribution is 7.58. The summed E-state index contributed by atoms with van der Waals surface area (Å²) in [6.45, 7) is 9.89. The normalized spacial score (nSPS) is 15.9. The summed E-state index contributed by atoms with van der Waals surface area (Å²) in [4.78, 5) is 31.7. The zero-order chi connectivity index (χ0) is 22.5. The first-order chi connectivity index (χ1) is 13.3. The van der Waals surface area contributed by atoms with Gasteiger partial charge in [-0.3, -0.25) is 8.88 Å². The van der Waals surface area contributed by atoms with Crippen molar-refractivity contribution in [3.63, 3.8) is 0 Å². The van der Waals surface area contributed by atoms with Crippen LogP contribution in [0.2, 0.25) is 0 Å². The second-order valence-corrected chi connectivity index (χ2v) is 10.0. The van der Waals surface area contributed by atoms with Crippen LogP contribution in [0.15, 0.2) is 46.6 Å². The van der Waals surface area contributed by atoms with Gasteiger partial charge in [0.05, 0.1) is 14.4 Å². The van der Waals surface area contributed by atoms with Crippen molar-refractivity contribution in [1.29, 1.82) is 0 Å². The minimum absolute atomic E-state index is 0.383. The summed E-state index contributed by atoms with van der Waals surface area (Å²) >= 11 is 0. The van der Waals surface area contributed by atoms with Crippen LogP contribution in [0.4, 0.5) is 0 Å². The molecule has 0 aromatic carbocycles. The van der Waals surface area contributed by atoms with E-state index in [2.05, 4.69) is 54.8 Å². The maximum Gasteiger partial charge on any atom is 0.272 e. The number of phosphoric ester groups is 1. The number of phosphoric acid groups is 2. The topological polar surface area (TPSA) is 122 Å². The molecule has 1 atom stereocenters. The largest absolute Gasteiger partial charge is 0.790 e. The van der Waals surface area contributed by atoms with E-state index < -0.39 is 15.6 Å². The predicted octanol–water partition coefficient (Wildman–Crippen LogP) is 4.46. The van der Waals surface area contributed by atoms with Gasteiger partial charge in [-0.25, -0.2) is 0 Å². The molecule has 0 rings (SSSR count). The first-order valence-corrected chi connectivity index (χ1v) is 12.5. The first-order valence-electron chi connectivity index (χ1n) is 9.60. The molecule has 0 aliphatic carbocycles. The van der Waals surface area contributed by atoms with Gasteiger partial charge in [-0.2, -0.15) is 0 Å². The fourth-order valence-electron chi connectivity index (χ4n) is 2.40. The smallest absolute Gasteiger partial charge is 0.272 e. The third-order valence-corrected chi connectivity index (χ3v) is 6.08. The molecule has 0 heterocycles. The van der Waals surface area contributed by atoms with Crippen LogP contribution in [0.25, 0.3) is 0 Å². The van der Waals surface area contributed by atoms with Crippen LogP contribution < -0.4 is 14.7 Å². The van der Waals surface area contributed by atoms with E-state index in [1.165, 1.54) is 22.8 Å². The van der Waals surface area contributed by atoms with Gasteiger partial charge < -0.3 is 23.8 Å². The molecule has 0 spiro atoms. The minimum Gasteiger partial charge on any atom is -0.790 e. The number of hydrogen-bond acceptors (Lipinski definition) is 7. The zero-order valence-electron chi connectivity index (χ0n) is 18.0. The third kappa shape index (κ3) is 19.0. The van der Waals surface area contributed by atoms with Crippen molar-refractivity contribution in [3.05, 3.63) is 46.6 Å². The van der Waals surface area contributed by atoms with Gasteiger partial charge in [0, 0.05) is 0 Å².